The zero-order chi connectivity index (χ0) is 16.7. The molecule has 0 aliphatic carbocycles. The van der Waals surface area contributed by atoms with Crippen LogP contribution in [0.2, 0.25) is 0 Å². The number of hydrogen-bond donors (Lipinski definition) is 0. The highest BCUT2D eigenvalue weighted by molar-refractivity contribution is 5.99. The van der Waals surface area contributed by atoms with Gasteiger partial charge >= 0.3 is 5.97 Å². The van der Waals surface area contributed by atoms with Crippen molar-refractivity contribution in [3.05, 3.63) is 59.7 Å². The minimum absolute atomic E-state index is 0.112. The van der Waals surface area contributed by atoms with E-state index in [-0.39, 0.29) is 18.4 Å². The number of ketones is 1. The Kier molecular flexibility index (Phi) is 5.74. The maximum atomic E-state index is 12.2. The predicted molar refractivity (Wildman–Crippen MR) is 85.2 cm³/mol. The van der Waals surface area contributed by atoms with Crippen molar-refractivity contribution in [2.24, 2.45) is 0 Å². The van der Waals surface area contributed by atoms with Gasteiger partial charge in [-0.3, -0.25) is 4.79 Å². The lowest BCUT2D eigenvalue weighted by Crippen LogP contribution is -2.12. The van der Waals surface area contributed by atoms with E-state index in [4.69, 9.17) is 14.2 Å². The van der Waals surface area contributed by atoms with Gasteiger partial charge in [0, 0.05) is 0 Å². The van der Waals surface area contributed by atoms with Crippen molar-refractivity contribution in [1.29, 1.82) is 0 Å². The van der Waals surface area contributed by atoms with Crippen LogP contribution in [0.25, 0.3) is 0 Å². The maximum absolute atomic E-state index is 12.2. The third-order valence-electron chi connectivity index (χ3n) is 3.14. The highest BCUT2D eigenvalue weighted by Gasteiger charge is 2.12. The molecule has 0 amide bonds. The largest absolute Gasteiger partial charge is 0.496 e. The van der Waals surface area contributed by atoms with Gasteiger partial charge in [0.05, 0.1) is 24.8 Å². The van der Waals surface area contributed by atoms with Gasteiger partial charge in [-0.05, 0) is 43.3 Å². The monoisotopic (exact) mass is 314 g/mol. The normalized spacial score (nSPS) is 10.0. The first-order valence-electron chi connectivity index (χ1n) is 7.22. The topological polar surface area (TPSA) is 61.8 Å². The van der Waals surface area contributed by atoms with Crippen molar-refractivity contribution in [2.75, 3.05) is 20.3 Å². The molecule has 0 atom stereocenters. The summed E-state index contributed by atoms with van der Waals surface area (Å²) >= 11 is 0. The van der Waals surface area contributed by atoms with Crippen molar-refractivity contribution in [3.63, 3.8) is 0 Å². The Morgan fingerprint density at radius 1 is 1.00 bits per heavy atom. The van der Waals surface area contributed by atoms with Gasteiger partial charge < -0.3 is 14.2 Å². The number of rotatable bonds is 7. The van der Waals surface area contributed by atoms with E-state index in [9.17, 15) is 9.59 Å². The van der Waals surface area contributed by atoms with Crippen LogP contribution in [0.3, 0.4) is 0 Å². The van der Waals surface area contributed by atoms with Crippen LogP contribution in [0.1, 0.15) is 27.6 Å². The van der Waals surface area contributed by atoms with Gasteiger partial charge in [-0.15, -0.1) is 0 Å². The van der Waals surface area contributed by atoms with Crippen LogP contribution < -0.4 is 9.47 Å². The summed E-state index contributed by atoms with van der Waals surface area (Å²) in [5.41, 5.74) is 0.911. The van der Waals surface area contributed by atoms with E-state index >= 15 is 0 Å². The fourth-order valence-electron chi connectivity index (χ4n) is 2.00. The Balaban J connectivity index is 1.98. The summed E-state index contributed by atoms with van der Waals surface area (Å²) in [5, 5.41) is 0. The summed E-state index contributed by atoms with van der Waals surface area (Å²) in [6.07, 6.45) is 0. The summed E-state index contributed by atoms with van der Waals surface area (Å²) < 4.78 is 15.5. The Bertz CT molecular complexity index is 676. The van der Waals surface area contributed by atoms with E-state index in [1.165, 1.54) is 7.11 Å². The highest BCUT2D eigenvalue weighted by Crippen LogP contribution is 2.19. The fourth-order valence-corrected chi connectivity index (χ4v) is 2.00. The molecule has 0 aromatic heterocycles. The quantitative estimate of drug-likeness (QED) is 0.580. The molecule has 0 spiro atoms. The van der Waals surface area contributed by atoms with Crippen molar-refractivity contribution >= 4 is 11.8 Å². The number of carbonyl (C=O) groups excluding carboxylic acids is 2. The summed E-state index contributed by atoms with van der Waals surface area (Å²) in [7, 11) is 1.51. The predicted octanol–water partition coefficient (Wildman–Crippen LogP) is 3.13. The molecule has 23 heavy (non-hydrogen) atoms. The number of hydrogen-bond acceptors (Lipinski definition) is 5. The minimum atomic E-state index is -0.385. The molecule has 0 N–H and O–H groups in total. The molecular formula is C18H18O5. The third kappa shape index (κ3) is 4.32. The first-order valence-corrected chi connectivity index (χ1v) is 7.22. The van der Waals surface area contributed by atoms with Gasteiger partial charge in [-0.25, -0.2) is 4.79 Å². The molecule has 0 fully saturated rings. The van der Waals surface area contributed by atoms with Gasteiger partial charge in [0.15, 0.2) is 6.61 Å². The molecule has 0 bridgehead atoms. The molecule has 5 nitrogen and oxygen atoms in total. The van der Waals surface area contributed by atoms with Gasteiger partial charge in [0.25, 0.3) is 0 Å². The van der Waals surface area contributed by atoms with Crippen molar-refractivity contribution in [3.8, 4) is 11.5 Å². The summed E-state index contributed by atoms with van der Waals surface area (Å²) in [6.45, 7) is 1.96. The molecule has 0 radical (unpaired) electrons. The number of ether oxygens (including phenoxy) is 3. The number of carbonyl (C=O) groups is 2. The molecule has 120 valence electrons. The Hall–Kier alpha value is -2.82. The summed E-state index contributed by atoms with van der Waals surface area (Å²) in [6, 6.07) is 13.4. The van der Waals surface area contributed by atoms with Crippen LogP contribution in [0, 0.1) is 0 Å². The van der Waals surface area contributed by atoms with Crippen LogP contribution in [0.15, 0.2) is 48.5 Å². The Labute approximate surface area is 134 Å². The first kappa shape index (κ1) is 16.5. The first-order chi connectivity index (χ1) is 11.2. The zero-order valence-electron chi connectivity index (χ0n) is 13.1. The van der Waals surface area contributed by atoms with E-state index in [2.05, 4.69) is 0 Å². The third-order valence-corrected chi connectivity index (χ3v) is 3.14. The van der Waals surface area contributed by atoms with E-state index in [1.807, 2.05) is 0 Å². The maximum Gasteiger partial charge on any atom is 0.338 e. The van der Waals surface area contributed by atoms with E-state index in [0.717, 1.165) is 0 Å². The molecule has 5 heteroatoms. The second-order valence-electron chi connectivity index (χ2n) is 4.66. The standard InChI is InChI=1S/C18H18O5/c1-3-22-18(20)13-8-10-14(11-9-13)23-12-16(19)15-6-4-5-7-17(15)21-2/h4-11H,3,12H2,1-2H3. The van der Waals surface area contributed by atoms with Gasteiger partial charge in [-0.2, -0.15) is 0 Å². The van der Waals surface area contributed by atoms with E-state index in [1.54, 1.807) is 55.5 Å². The van der Waals surface area contributed by atoms with E-state index < -0.39 is 0 Å². The number of methoxy groups -OCH3 is 1. The number of esters is 1. The van der Waals surface area contributed by atoms with Crippen molar-refractivity contribution in [1.82, 2.24) is 0 Å². The zero-order valence-corrected chi connectivity index (χ0v) is 13.1. The lowest BCUT2D eigenvalue weighted by atomic mass is 10.1. The molecule has 0 saturated carbocycles. The average Bonchev–Trinajstić information content (AvgIpc) is 2.60. The smallest absolute Gasteiger partial charge is 0.338 e. The second kappa shape index (κ2) is 7.98. The van der Waals surface area contributed by atoms with Crippen LogP contribution >= 0.6 is 0 Å². The van der Waals surface area contributed by atoms with Crippen LogP contribution in [0.5, 0.6) is 11.5 Å². The van der Waals surface area contributed by atoms with Gasteiger partial charge in [-0.1, -0.05) is 12.1 Å². The molecule has 2 aromatic rings. The number of para-hydroxylation sites is 1. The van der Waals surface area contributed by atoms with Crippen LogP contribution in [0.4, 0.5) is 0 Å². The number of benzene rings is 2. The Morgan fingerprint density at radius 2 is 1.70 bits per heavy atom. The summed E-state index contributed by atoms with van der Waals surface area (Å²) in [4.78, 5) is 23.7. The lowest BCUT2D eigenvalue weighted by Gasteiger charge is -2.09. The molecular weight excluding hydrogens is 296 g/mol. The molecule has 0 unspecified atom stereocenters. The fraction of sp³-hybridized carbons (Fsp3) is 0.222. The number of Topliss-reactive ketones (excluding diaryl/α,β-unsaturated/α-hetero) is 1. The van der Waals surface area contributed by atoms with Gasteiger partial charge in [0.1, 0.15) is 11.5 Å². The highest BCUT2D eigenvalue weighted by atomic mass is 16.5. The Morgan fingerprint density at radius 3 is 2.35 bits per heavy atom. The SMILES string of the molecule is CCOC(=O)c1ccc(OCC(=O)c2ccccc2OC)cc1. The molecule has 2 aromatic carbocycles. The van der Waals surface area contributed by atoms with Crippen molar-refractivity contribution < 1.29 is 23.8 Å². The molecule has 0 heterocycles. The van der Waals surface area contributed by atoms with Crippen LogP contribution in [-0.4, -0.2) is 32.1 Å². The molecule has 0 aliphatic rings. The minimum Gasteiger partial charge on any atom is -0.496 e. The van der Waals surface area contributed by atoms with Gasteiger partial charge in [0.2, 0.25) is 5.78 Å². The average molecular weight is 314 g/mol. The lowest BCUT2D eigenvalue weighted by molar-refractivity contribution is 0.0526. The molecule has 0 saturated heterocycles. The second-order valence-corrected chi connectivity index (χ2v) is 4.66. The molecule has 0 aliphatic heterocycles. The molecule has 2 rings (SSSR count). The summed E-state index contributed by atoms with van der Waals surface area (Å²) in [5.74, 6) is 0.445. The van der Waals surface area contributed by atoms with Crippen molar-refractivity contribution in [2.45, 2.75) is 6.92 Å². The van der Waals surface area contributed by atoms with Crippen LogP contribution in [-0.2, 0) is 4.74 Å². The van der Waals surface area contributed by atoms with E-state index in [0.29, 0.717) is 29.2 Å².